The van der Waals surface area contributed by atoms with E-state index in [2.05, 4.69) is 75.1 Å². The van der Waals surface area contributed by atoms with Crippen LogP contribution in [0.25, 0.3) is 0 Å². The minimum Gasteiger partial charge on any atom is -0.482 e. The summed E-state index contributed by atoms with van der Waals surface area (Å²) >= 11 is 0. The molecule has 128 valence electrons. The van der Waals surface area contributed by atoms with Gasteiger partial charge >= 0.3 is 0 Å². The van der Waals surface area contributed by atoms with Crippen LogP contribution in [-0.4, -0.2) is 19.1 Å². The zero-order chi connectivity index (χ0) is 17.3. The van der Waals surface area contributed by atoms with E-state index in [4.69, 9.17) is 10.5 Å². The van der Waals surface area contributed by atoms with Crippen LogP contribution in [0.15, 0.2) is 48.5 Å². The van der Waals surface area contributed by atoms with Gasteiger partial charge in [-0.25, -0.2) is 0 Å². The van der Waals surface area contributed by atoms with E-state index < -0.39 is 0 Å². The van der Waals surface area contributed by atoms with Gasteiger partial charge in [0.1, 0.15) is 11.9 Å². The van der Waals surface area contributed by atoms with Gasteiger partial charge in [-0.15, -0.1) is 0 Å². The minimum atomic E-state index is 0.0354. The molecule has 0 spiro atoms. The molecule has 0 saturated carbocycles. The predicted octanol–water partition coefficient (Wildman–Crippen LogP) is 4.27. The van der Waals surface area contributed by atoms with E-state index >= 15 is 0 Å². The molecular weight excluding hydrogens is 296 g/mol. The molecule has 3 heteroatoms. The molecule has 2 aromatic rings. The summed E-state index contributed by atoms with van der Waals surface area (Å²) in [6, 6.07) is 17.3. The van der Waals surface area contributed by atoms with Gasteiger partial charge in [0.2, 0.25) is 0 Å². The first-order chi connectivity index (χ1) is 11.4. The SMILES string of the molecule is CC(CN)N1CC(c2ccccc2)Oc2ccc(C(C)(C)C)cc21. The molecule has 2 aromatic carbocycles. The number of nitrogens with zero attached hydrogens (tertiary/aromatic N) is 1. The summed E-state index contributed by atoms with van der Waals surface area (Å²) < 4.78 is 6.33. The highest BCUT2D eigenvalue weighted by atomic mass is 16.5. The topological polar surface area (TPSA) is 38.5 Å². The van der Waals surface area contributed by atoms with Gasteiger partial charge in [-0.3, -0.25) is 0 Å². The summed E-state index contributed by atoms with van der Waals surface area (Å²) in [4.78, 5) is 2.39. The fraction of sp³-hybridized carbons (Fsp3) is 0.429. The summed E-state index contributed by atoms with van der Waals surface area (Å²) in [5, 5.41) is 0. The van der Waals surface area contributed by atoms with E-state index in [0.717, 1.165) is 18.0 Å². The lowest BCUT2D eigenvalue weighted by molar-refractivity contribution is 0.193. The monoisotopic (exact) mass is 324 g/mol. The van der Waals surface area contributed by atoms with E-state index in [-0.39, 0.29) is 17.6 Å². The van der Waals surface area contributed by atoms with Crippen molar-refractivity contribution in [2.24, 2.45) is 5.73 Å². The quantitative estimate of drug-likeness (QED) is 0.916. The van der Waals surface area contributed by atoms with Gasteiger partial charge in [-0.2, -0.15) is 0 Å². The third kappa shape index (κ3) is 3.27. The third-order valence-electron chi connectivity index (χ3n) is 4.81. The van der Waals surface area contributed by atoms with Crippen LogP contribution in [0.1, 0.15) is 44.9 Å². The van der Waals surface area contributed by atoms with Crippen molar-refractivity contribution in [1.82, 2.24) is 0 Å². The lowest BCUT2D eigenvalue weighted by atomic mass is 9.86. The highest BCUT2D eigenvalue weighted by Crippen LogP contribution is 2.41. The Morgan fingerprint density at radius 3 is 2.50 bits per heavy atom. The van der Waals surface area contributed by atoms with Gasteiger partial charge in [-0.1, -0.05) is 57.2 Å². The van der Waals surface area contributed by atoms with Gasteiger partial charge in [0, 0.05) is 12.6 Å². The van der Waals surface area contributed by atoms with Crippen molar-refractivity contribution < 1.29 is 4.74 Å². The molecule has 2 unspecified atom stereocenters. The van der Waals surface area contributed by atoms with E-state index in [9.17, 15) is 0 Å². The van der Waals surface area contributed by atoms with Crippen LogP contribution in [0, 0.1) is 0 Å². The molecule has 3 nitrogen and oxygen atoms in total. The smallest absolute Gasteiger partial charge is 0.143 e. The number of benzene rings is 2. The average Bonchev–Trinajstić information content (AvgIpc) is 2.59. The zero-order valence-corrected chi connectivity index (χ0v) is 15.1. The van der Waals surface area contributed by atoms with E-state index in [0.29, 0.717) is 6.54 Å². The number of hydrogen-bond donors (Lipinski definition) is 1. The molecule has 2 N–H and O–H groups in total. The predicted molar refractivity (Wildman–Crippen MR) is 101 cm³/mol. The summed E-state index contributed by atoms with van der Waals surface area (Å²) in [6.07, 6.45) is 0.0354. The first kappa shape index (κ1) is 16.8. The average molecular weight is 324 g/mol. The molecule has 1 heterocycles. The number of ether oxygens (including phenoxy) is 1. The molecule has 0 aromatic heterocycles. The maximum atomic E-state index is 6.33. The summed E-state index contributed by atoms with van der Waals surface area (Å²) in [5.74, 6) is 0.948. The normalized spacial score (nSPS) is 18.7. The van der Waals surface area contributed by atoms with Crippen LogP contribution >= 0.6 is 0 Å². The Balaban J connectivity index is 2.01. The van der Waals surface area contributed by atoms with Gasteiger partial charge in [0.15, 0.2) is 0 Å². The van der Waals surface area contributed by atoms with E-state index in [1.807, 2.05) is 6.07 Å². The molecule has 0 aliphatic carbocycles. The van der Waals surface area contributed by atoms with Crippen LogP contribution in [-0.2, 0) is 5.41 Å². The molecule has 2 atom stereocenters. The second-order valence-corrected chi connectivity index (χ2v) is 7.69. The standard InChI is InChI=1S/C21H28N2O/c1-15(13-22)23-14-20(16-8-6-5-7-9-16)24-19-11-10-17(12-18(19)23)21(2,3)4/h5-12,15,20H,13-14,22H2,1-4H3. The Hall–Kier alpha value is -2.00. The number of fused-ring (bicyclic) bond motifs is 1. The largest absolute Gasteiger partial charge is 0.482 e. The van der Waals surface area contributed by atoms with Crippen LogP contribution < -0.4 is 15.4 Å². The maximum Gasteiger partial charge on any atom is 0.143 e. The lowest BCUT2D eigenvalue weighted by Gasteiger charge is -2.40. The van der Waals surface area contributed by atoms with Crippen molar-refractivity contribution in [2.75, 3.05) is 18.0 Å². The second-order valence-electron chi connectivity index (χ2n) is 7.69. The third-order valence-corrected chi connectivity index (χ3v) is 4.81. The van der Waals surface area contributed by atoms with E-state index in [1.165, 1.54) is 11.1 Å². The van der Waals surface area contributed by atoms with Crippen LogP contribution in [0.5, 0.6) is 5.75 Å². The van der Waals surface area contributed by atoms with Crippen LogP contribution in [0.3, 0.4) is 0 Å². The van der Waals surface area contributed by atoms with Gasteiger partial charge < -0.3 is 15.4 Å². The molecule has 1 aliphatic rings. The fourth-order valence-electron chi connectivity index (χ4n) is 3.16. The maximum absolute atomic E-state index is 6.33. The number of anilines is 1. The first-order valence-corrected chi connectivity index (χ1v) is 8.73. The summed E-state index contributed by atoms with van der Waals surface area (Å²) in [6.45, 7) is 10.3. The Labute approximate surface area is 145 Å². The van der Waals surface area contributed by atoms with Crippen molar-refractivity contribution >= 4 is 5.69 Å². The first-order valence-electron chi connectivity index (χ1n) is 8.73. The Morgan fingerprint density at radius 1 is 1.17 bits per heavy atom. The molecule has 3 rings (SSSR count). The molecule has 24 heavy (non-hydrogen) atoms. The molecule has 0 saturated heterocycles. The molecule has 0 amide bonds. The van der Waals surface area contributed by atoms with Crippen molar-refractivity contribution in [1.29, 1.82) is 0 Å². The molecular formula is C21H28N2O. The molecule has 0 radical (unpaired) electrons. The minimum absolute atomic E-state index is 0.0354. The summed E-state index contributed by atoms with van der Waals surface area (Å²) in [5.41, 5.74) is 9.78. The Morgan fingerprint density at radius 2 is 1.88 bits per heavy atom. The Bertz CT molecular complexity index is 691. The van der Waals surface area contributed by atoms with Crippen molar-refractivity contribution in [3.8, 4) is 5.75 Å². The Kier molecular flexibility index (Phi) is 4.55. The number of hydrogen-bond acceptors (Lipinski definition) is 3. The highest BCUT2D eigenvalue weighted by molar-refractivity contribution is 5.63. The van der Waals surface area contributed by atoms with Gasteiger partial charge in [0.25, 0.3) is 0 Å². The van der Waals surface area contributed by atoms with Crippen molar-refractivity contribution in [2.45, 2.75) is 45.3 Å². The van der Waals surface area contributed by atoms with E-state index in [1.54, 1.807) is 0 Å². The van der Waals surface area contributed by atoms with Crippen LogP contribution in [0.2, 0.25) is 0 Å². The molecule has 0 fully saturated rings. The number of nitrogens with two attached hydrogens (primary N) is 1. The number of rotatable bonds is 3. The molecule has 0 bridgehead atoms. The summed E-state index contributed by atoms with van der Waals surface area (Å²) in [7, 11) is 0. The fourth-order valence-corrected chi connectivity index (χ4v) is 3.16. The lowest BCUT2D eigenvalue weighted by Crippen LogP contribution is -2.44. The van der Waals surface area contributed by atoms with Gasteiger partial charge in [-0.05, 0) is 35.6 Å². The zero-order valence-electron chi connectivity index (χ0n) is 15.1. The van der Waals surface area contributed by atoms with Crippen molar-refractivity contribution in [3.05, 3.63) is 59.7 Å². The van der Waals surface area contributed by atoms with Gasteiger partial charge in [0.05, 0.1) is 12.2 Å². The second kappa shape index (κ2) is 6.48. The highest BCUT2D eigenvalue weighted by Gasteiger charge is 2.30. The van der Waals surface area contributed by atoms with Crippen molar-refractivity contribution in [3.63, 3.8) is 0 Å². The van der Waals surface area contributed by atoms with Crippen LogP contribution in [0.4, 0.5) is 5.69 Å². The molecule has 1 aliphatic heterocycles.